The molecule has 0 saturated carbocycles. The molecule has 2 aromatic carbocycles. The first-order chi connectivity index (χ1) is 26.4. The van der Waals surface area contributed by atoms with Gasteiger partial charge in [-0.25, -0.2) is 4.79 Å². The van der Waals surface area contributed by atoms with Gasteiger partial charge < -0.3 is 40.4 Å². The Bertz CT molecular complexity index is 1860. The number of esters is 1. The van der Waals surface area contributed by atoms with E-state index in [-0.39, 0.29) is 36.8 Å². The average molecular weight is 774 g/mol. The molecule has 13 heteroatoms. The maximum absolute atomic E-state index is 14.6. The van der Waals surface area contributed by atoms with Crippen LogP contribution in [-0.4, -0.2) is 82.2 Å². The van der Waals surface area contributed by atoms with Crippen LogP contribution in [0.5, 0.6) is 5.75 Å². The highest BCUT2D eigenvalue weighted by atomic mass is 16.6. The number of hydrogen-bond acceptors (Lipinski definition) is 8. The number of carbonyl (C=O) groups excluding carboxylic acids is 5. The summed E-state index contributed by atoms with van der Waals surface area (Å²) < 4.78 is 11.2. The van der Waals surface area contributed by atoms with Crippen LogP contribution < -0.4 is 16.0 Å². The number of amides is 4. The highest BCUT2D eigenvalue weighted by Crippen LogP contribution is 2.26. The fraction of sp³-hybridized carbons (Fsp3) is 0.512. The zero-order valence-electron chi connectivity index (χ0n) is 33.9. The van der Waals surface area contributed by atoms with E-state index in [9.17, 15) is 29.1 Å². The second-order valence-electron chi connectivity index (χ2n) is 16.0. The van der Waals surface area contributed by atoms with Gasteiger partial charge in [-0.05, 0) is 89.6 Å². The average Bonchev–Trinajstić information content (AvgIpc) is 3.53. The van der Waals surface area contributed by atoms with E-state index in [0.717, 1.165) is 22.0 Å². The molecule has 4 amide bonds. The maximum Gasteiger partial charge on any atom is 0.407 e. The predicted molar refractivity (Wildman–Crippen MR) is 214 cm³/mol. The number of benzene rings is 2. The van der Waals surface area contributed by atoms with Crippen LogP contribution in [0.2, 0.25) is 0 Å². The Morgan fingerprint density at radius 3 is 2.36 bits per heavy atom. The number of aromatic amines is 1. The number of rotatable bonds is 8. The number of fused-ring (bicyclic) bond motifs is 1. The number of hydrogen-bond donors (Lipinski definition) is 5. The van der Waals surface area contributed by atoms with E-state index in [1.165, 1.54) is 17.0 Å². The minimum atomic E-state index is -1.06. The molecular formula is C43H59N5O8. The first-order valence-electron chi connectivity index (χ1n) is 19.5. The summed E-state index contributed by atoms with van der Waals surface area (Å²) in [4.78, 5) is 73.1. The summed E-state index contributed by atoms with van der Waals surface area (Å²) in [5.41, 5.74) is 2.53. The van der Waals surface area contributed by atoms with Crippen LogP contribution in [0.1, 0.15) is 97.7 Å². The standard InChI is InChI=1S/C43H59N5O8/c1-26-21-27(2)29(4)55-38(50)24-36(30-16-18-32(49)19-17-30)47-40(52)37(23-31-25-45-34-14-10-9-13-33(31)34)48(8)41(53)35(46-39(51)28(3)22-26)15-11-12-20-44-42(54)56-43(5,6)7/h9-10,13-14,16-19,21,25,27-29,35-37,45,49H,11-12,15,20,22-24H2,1-8H3,(H,44,54)(H,46,51)(H,47,52)/b26-21+/t27-,28+,29-,35+,36-,37-/m1/s1. The predicted octanol–water partition coefficient (Wildman–Crippen LogP) is 6.22. The fourth-order valence-electron chi connectivity index (χ4n) is 6.85. The molecule has 5 N–H and O–H groups in total. The Labute approximate surface area is 330 Å². The molecule has 3 aromatic rings. The third-order valence-corrected chi connectivity index (χ3v) is 10.1. The third kappa shape index (κ3) is 12.6. The second-order valence-corrected chi connectivity index (χ2v) is 16.0. The normalized spacial score (nSPS) is 24.6. The number of allylic oxidation sites excluding steroid dienone is 1. The summed E-state index contributed by atoms with van der Waals surface area (Å²) in [5.74, 6) is -2.44. The number of para-hydroxylation sites is 1. The number of H-pyrrole nitrogens is 1. The molecule has 56 heavy (non-hydrogen) atoms. The van der Waals surface area contributed by atoms with E-state index in [1.54, 1.807) is 53.8 Å². The summed E-state index contributed by atoms with van der Waals surface area (Å²) >= 11 is 0. The third-order valence-electron chi connectivity index (χ3n) is 10.1. The molecule has 0 unspecified atom stereocenters. The van der Waals surface area contributed by atoms with Crippen molar-refractivity contribution in [2.45, 2.75) is 117 Å². The van der Waals surface area contributed by atoms with E-state index in [4.69, 9.17) is 9.47 Å². The van der Waals surface area contributed by atoms with E-state index in [1.807, 2.05) is 50.4 Å². The number of phenols is 1. The number of nitrogens with one attached hydrogen (secondary N) is 4. The second kappa shape index (κ2) is 19.5. The van der Waals surface area contributed by atoms with Gasteiger partial charge in [0.05, 0.1) is 12.5 Å². The van der Waals surface area contributed by atoms with Crippen LogP contribution in [0.15, 0.2) is 66.4 Å². The Balaban J connectivity index is 1.70. The number of unbranched alkanes of at least 4 members (excludes halogenated alkanes) is 1. The molecule has 2 heterocycles. The molecule has 1 aliphatic rings. The lowest BCUT2D eigenvalue weighted by atomic mass is 9.95. The van der Waals surface area contributed by atoms with Crippen molar-refractivity contribution in [2.75, 3.05) is 13.6 Å². The first-order valence-corrected chi connectivity index (χ1v) is 19.5. The monoisotopic (exact) mass is 773 g/mol. The van der Waals surface area contributed by atoms with Crippen molar-refractivity contribution < 1.29 is 38.6 Å². The van der Waals surface area contributed by atoms with Crippen molar-refractivity contribution in [2.24, 2.45) is 11.8 Å². The van der Waals surface area contributed by atoms with Gasteiger partial charge >= 0.3 is 12.1 Å². The van der Waals surface area contributed by atoms with Gasteiger partial charge in [-0.2, -0.15) is 0 Å². The van der Waals surface area contributed by atoms with Crippen LogP contribution >= 0.6 is 0 Å². The minimum Gasteiger partial charge on any atom is -0.508 e. The SMILES string of the molecule is C/C1=C\[C@@H](C)[C@@H](C)OC(=O)C[C@H](c2ccc(O)cc2)NC(=O)[C@@H](Cc2c[nH]c3ccccc23)N(C)C(=O)[C@H](CCCCNC(=O)OC(C)(C)C)NC(=O)[C@@H](C)C1. The van der Waals surface area contributed by atoms with Crippen molar-refractivity contribution in [1.82, 2.24) is 25.8 Å². The Morgan fingerprint density at radius 1 is 0.964 bits per heavy atom. The van der Waals surface area contributed by atoms with Crippen LogP contribution in [0, 0.1) is 11.8 Å². The van der Waals surface area contributed by atoms with Gasteiger partial charge in [-0.3, -0.25) is 19.2 Å². The van der Waals surface area contributed by atoms with Crippen LogP contribution in [0.3, 0.4) is 0 Å². The molecule has 0 bridgehead atoms. The van der Waals surface area contributed by atoms with Gasteiger partial charge in [0.15, 0.2) is 0 Å². The summed E-state index contributed by atoms with van der Waals surface area (Å²) in [6.07, 6.45) is 4.36. The van der Waals surface area contributed by atoms with Gasteiger partial charge in [0.25, 0.3) is 0 Å². The number of cyclic esters (lactones) is 1. The molecule has 0 aliphatic carbocycles. The summed E-state index contributed by atoms with van der Waals surface area (Å²) in [6.45, 7) is 13.1. The van der Waals surface area contributed by atoms with Gasteiger partial charge in [-0.1, -0.05) is 55.8 Å². The number of alkyl carbamates (subject to hydrolysis) is 1. The van der Waals surface area contributed by atoms with Gasteiger partial charge in [0.2, 0.25) is 17.7 Å². The number of phenolic OH excluding ortho intramolecular Hbond substituents is 1. The number of carbonyl (C=O) groups is 5. The molecule has 6 atom stereocenters. The first kappa shape index (κ1) is 43.4. The molecular weight excluding hydrogens is 714 g/mol. The smallest absolute Gasteiger partial charge is 0.407 e. The lowest BCUT2D eigenvalue weighted by Gasteiger charge is -2.33. The molecule has 0 saturated heterocycles. The summed E-state index contributed by atoms with van der Waals surface area (Å²) in [7, 11) is 1.55. The number of aromatic nitrogens is 1. The summed E-state index contributed by atoms with van der Waals surface area (Å²) in [6, 6.07) is 11.0. The molecule has 4 rings (SSSR count). The van der Waals surface area contributed by atoms with E-state index in [2.05, 4.69) is 20.9 Å². The number of likely N-dealkylation sites (N-methyl/N-ethyl adjacent to an activating group) is 1. The van der Waals surface area contributed by atoms with Crippen molar-refractivity contribution in [3.63, 3.8) is 0 Å². The minimum absolute atomic E-state index is 0.0259. The van der Waals surface area contributed by atoms with Crippen molar-refractivity contribution >= 4 is 40.7 Å². The maximum atomic E-state index is 14.6. The molecule has 1 aromatic heterocycles. The lowest BCUT2D eigenvalue weighted by Crippen LogP contribution is -2.56. The summed E-state index contributed by atoms with van der Waals surface area (Å²) in [5, 5.41) is 19.7. The molecule has 1 aliphatic heterocycles. The van der Waals surface area contributed by atoms with Crippen molar-refractivity contribution in [3.05, 3.63) is 77.5 Å². The highest BCUT2D eigenvalue weighted by Gasteiger charge is 2.35. The Kier molecular flexibility index (Phi) is 15.1. The largest absolute Gasteiger partial charge is 0.508 e. The molecule has 304 valence electrons. The van der Waals surface area contributed by atoms with Gasteiger partial charge in [0.1, 0.15) is 29.5 Å². The van der Waals surface area contributed by atoms with E-state index >= 15 is 0 Å². The fourth-order valence-corrected chi connectivity index (χ4v) is 6.85. The zero-order valence-corrected chi connectivity index (χ0v) is 33.9. The number of nitrogens with zero attached hydrogens (tertiary/aromatic N) is 1. The highest BCUT2D eigenvalue weighted by molar-refractivity contribution is 5.93. The lowest BCUT2D eigenvalue weighted by molar-refractivity contribution is -0.150. The van der Waals surface area contributed by atoms with Crippen LogP contribution in [-0.2, 0) is 35.1 Å². The Morgan fingerprint density at radius 2 is 1.66 bits per heavy atom. The van der Waals surface area contributed by atoms with Crippen molar-refractivity contribution in [3.8, 4) is 5.75 Å². The number of ether oxygens (including phenoxy) is 2. The Hall–Kier alpha value is -5.33. The molecule has 0 radical (unpaired) electrons. The topological polar surface area (TPSA) is 179 Å². The molecule has 13 nitrogen and oxygen atoms in total. The number of aromatic hydroxyl groups is 1. The van der Waals surface area contributed by atoms with Gasteiger partial charge in [-0.15, -0.1) is 0 Å². The molecule has 0 spiro atoms. The quantitative estimate of drug-likeness (QED) is 0.102. The van der Waals surface area contributed by atoms with Crippen molar-refractivity contribution in [1.29, 1.82) is 0 Å². The zero-order chi connectivity index (χ0) is 41.2. The van der Waals surface area contributed by atoms with E-state index < -0.39 is 59.6 Å². The van der Waals surface area contributed by atoms with Crippen LogP contribution in [0.25, 0.3) is 10.9 Å². The van der Waals surface area contributed by atoms with E-state index in [0.29, 0.717) is 31.4 Å². The van der Waals surface area contributed by atoms with Gasteiger partial charge in [0, 0.05) is 48.9 Å². The van der Waals surface area contributed by atoms with Crippen LogP contribution in [0.4, 0.5) is 4.79 Å². The molecule has 0 fully saturated rings.